The topological polar surface area (TPSA) is 42.1 Å². The Labute approximate surface area is 129 Å². The number of nitrogens with two attached hydrogens (primary N) is 1. The molecule has 0 aliphatic rings. The van der Waals surface area contributed by atoms with Crippen LogP contribution >= 0.6 is 11.6 Å². The first-order valence-electron chi connectivity index (χ1n) is 6.74. The van der Waals surface area contributed by atoms with E-state index < -0.39 is 0 Å². The first kappa shape index (κ1) is 13.7. The molecule has 3 rings (SSSR count). The molecule has 1 aromatic heterocycles. The summed E-state index contributed by atoms with van der Waals surface area (Å²) in [6.07, 6.45) is 1.71. The maximum absolute atomic E-state index is 6.24. The summed E-state index contributed by atoms with van der Waals surface area (Å²) in [5, 5.41) is 1.81. The lowest BCUT2D eigenvalue weighted by Gasteiger charge is -2.23. The number of benzene rings is 2. The molecule has 106 valence electrons. The molecule has 0 radical (unpaired) electrons. The minimum absolute atomic E-state index is 0.670. The lowest BCUT2D eigenvalue weighted by Crippen LogP contribution is -2.18. The summed E-state index contributed by atoms with van der Waals surface area (Å²) in [4.78, 5) is 6.48. The fourth-order valence-corrected chi connectivity index (χ4v) is 2.72. The van der Waals surface area contributed by atoms with Crippen molar-refractivity contribution in [1.29, 1.82) is 0 Å². The number of fused-ring (bicyclic) bond motifs is 1. The average Bonchev–Trinajstić information content (AvgIpc) is 2.49. The summed E-state index contributed by atoms with van der Waals surface area (Å²) in [5.41, 5.74) is 9.81. The van der Waals surface area contributed by atoms with Gasteiger partial charge in [0.25, 0.3) is 0 Å². The van der Waals surface area contributed by atoms with Gasteiger partial charge in [0.2, 0.25) is 0 Å². The summed E-state index contributed by atoms with van der Waals surface area (Å²) < 4.78 is 0. The molecule has 0 amide bonds. The highest BCUT2D eigenvalue weighted by Crippen LogP contribution is 2.32. The van der Waals surface area contributed by atoms with Gasteiger partial charge in [0.1, 0.15) is 0 Å². The molecule has 0 saturated heterocycles. The molecule has 0 fully saturated rings. The zero-order valence-electron chi connectivity index (χ0n) is 11.8. The Bertz CT molecular complexity index is 786. The minimum atomic E-state index is 0.670. The monoisotopic (exact) mass is 297 g/mol. The van der Waals surface area contributed by atoms with Crippen LogP contribution in [-0.4, -0.2) is 12.0 Å². The van der Waals surface area contributed by atoms with Crippen LogP contribution in [0.1, 0.15) is 5.56 Å². The van der Waals surface area contributed by atoms with E-state index in [1.54, 1.807) is 6.20 Å². The molecule has 3 aromatic rings. The zero-order chi connectivity index (χ0) is 14.8. The molecule has 2 aromatic carbocycles. The maximum atomic E-state index is 6.24. The van der Waals surface area contributed by atoms with Gasteiger partial charge in [0, 0.05) is 24.0 Å². The number of rotatable bonds is 3. The number of anilines is 2. The average molecular weight is 298 g/mol. The number of para-hydroxylation sites is 1. The Hall–Kier alpha value is -2.26. The molecule has 0 saturated carbocycles. The number of nitrogen functional groups attached to an aromatic ring is 1. The summed E-state index contributed by atoms with van der Waals surface area (Å²) in [5.74, 6) is 0. The fourth-order valence-electron chi connectivity index (χ4n) is 2.53. The van der Waals surface area contributed by atoms with Gasteiger partial charge < -0.3 is 10.6 Å². The smallest absolute Gasteiger partial charge is 0.0745 e. The van der Waals surface area contributed by atoms with E-state index in [-0.39, 0.29) is 0 Å². The summed E-state index contributed by atoms with van der Waals surface area (Å²) in [6.45, 7) is 0.692. The van der Waals surface area contributed by atoms with Crippen molar-refractivity contribution < 1.29 is 0 Å². The van der Waals surface area contributed by atoms with E-state index >= 15 is 0 Å². The first-order chi connectivity index (χ1) is 10.2. The van der Waals surface area contributed by atoms with Gasteiger partial charge in [-0.2, -0.15) is 0 Å². The molecule has 1 heterocycles. The molecular weight excluding hydrogens is 282 g/mol. The van der Waals surface area contributed by atoms with Crippen molar-refractivity contribution in [3.63, 3.8) is 0 Å². The SMILES string of the molecule is CN(Cc1ccccc1Cl)c1c(N)cnc2ccccc12. The largest absolute Gasteiger partial charge is 0.396 e. The van der Waals surface area contributed by atoms with Gasteiger partial charge in [-0.1, -0.05) is 48.0 Å². The number of aromatic nitrogens is 1. The lowest BCUT2D eigenvalue weighted by molar-refractivity contribution is 0.929. The predicted octanol–water partition coefficient (Wildman–Crippen LogP) is 4.11. The highest BCUT2D eigenvalue weighted by Gasteiger charge is 2.12. The normalized spacial score (nSPS) is 10.8. The van der Waals surface area contributed by atoms with Gasteiger partial charge in [0.15, 0.2) is 0 Å². The van der Waals surface area contributed by atoms with Crippen LogP contribution in [0.4, 0.5) is 11.4 Å². The minimum Gasteiger partial charge on any atom is -0.396 e. The number of halogens is 1. The van der Waals surface area contributed by atoms with E-state index in [0.29, 0.717) is 12.2 Å². The molecule has 3 nitrogen and oxygen atoms in total. The number of hydrogen-bond donors (Lipinski definition) is 1. The molecule has 2 N–H and O–H groups in total. The van der Waals surface area contributed by atoms with Gasteiger partial charge in [-0.15, -0.1) is 0 Å². The van der Waals surface area contributed by atoms with Gasteiger partial charge in [0.05, 0.1) is 23.1 Å². The van der Waals surface area contributed by atoms with Crippen molar-refractivity contribution in [2.24, 2.45) is 0 Å². The van der Waals surface area contributed by atoms with Crippen molar-refractivity contribution in [3.8, 4) is 0 Å². The molecule has 0 atom stereocenters. The Morgan fingerprint density at radius 3 is 2.62 bits per heavy atom. The standard InChI is InChI=1S/C17H16ClN3/c1-21(11-12-6-2-4-8-14(12)18)17-13-7-3-5-9-16(13)20-10-15(17)19/h2-10H,11,19H2,1H3. The van der Waals surface area contributed by atoms with Crippen LogP contribution in [0.25, 0.3) is 10.9 Å². The third-order valence-electron chi connectivity index (χ3n) is 3.52. The van der Waals surface area contributed by atoms with Gasteiger partial charge in [-0.3, -0.25) is 4.98 Å². The first-order valence-corrected chi connectivity index (χ1v) is 7.12. The number of pyridine rings is 1. The number of hydrogen-bond acceptors (Lipinski definition) is 3. The summed E-state index contributed by atoms with van der Waals surface area (Å²) in [6, 6.07) is 15.8. The van der Waals surface area contributed by atoms with Crippen molar-refractivity contribution >= 4 is 33.9 Å². The van der Waals surface area contributed by atoms with Crippen molar-refractivity contribution in [3.05, 3.63) is 65.3 Å². The van der Waals surface area contributed by atoms with Crippen LogP contribution in [0.5, 0.6) is 0 Å². The van der Waals surface area contributed by atoms with E-state index in [4.69, 9.17) is 17.3 Å². The third kappa shape index (κ3) is 2.65. The molecule has 0 spiro atoms. The molecule has 0 aliphatic carbocycles. The van der Waals surface area contributed by atoms with E-state index in [9.17, 15) is 0 Å². The van der Waals surface area contributed by atoms with E-state index in [1.807, 2.05) is 55.6 Å². The van der Waals surface area contributed by atoms with Crippen LogP contribution in [0.15, 0.2) is 54.7 Å². The van der Waals surface area contributed by atoms with Gasteiger partial charge in [-0.05, 0) is 17.7 Å². The van der Waals surface area contributed by atoms with Crippen molar-refractivity contribution in [1.82, 2.24) is 4.98 Å². The van der Waals surface area contributed by atoms with Crippen LogP contribution in [0.2, 0.25) is 5.02 Å². The molecule has 4 heteroatoms. The molecule has 0 unspecified atom stereocenters. The Morgan fingerprint density at radius 2 is 1.81 bits per heavy atom. The highest BCUT2D eigenvalue weighted by molar-refractivity contribution is 6.31. The summed E-state index contributed by atoms with van der Waals surface area (Å²) >= 11 is 6.24. The van der Waals surface area contributed by atoms with Crippen LogP contribution in [0, 0.1) is 0 Å². The second-order valence-corrected chi connectivity index (χ2v) is 5.43. The summed E-state index contributed by atoms with van der Waals surface area (Å²) in [7, 11) is 2.02. The van der Waals surface area contributed by atoms with Gasteiger partial charge in [-0.25, -0.2) is 0 Å². The lowest BCUT2D eigenvalue weighted by atomic mass is 10.1. The van der Waals surface area contributed by atoms with E-state index in [0.717, 1.165) is 27.2 Å². The van der Waals surface area contributed by atoms with Gasteiger partial charge >= 0.3 is 0 Å². The predicted molar refractivity (Wildman–Crippen MR) is 89.7 cm³/mol. The third-order valence-corrected chi connectivity index (χ3v) is 3.89. The number of nitrogens with zero attached hydrogens (tertiary/aromatic N) is 2. The quantitative estimate of drug-likeness (QED) is 0.791. The Kier molecular flexibility index (Phi) is 3.67. The van der Waals surface area contributed by atoms with Crippen LogP contribution < -0.4 is 10.6 Å². The van der Waals surface area contributed by atoms with Crippen LogP contribution in [0.3, 0.4) is 0 Å². The second-order valence-electron chi connectivity index (χ2n) is 5.03. The van der Waals surface area contributed by atoms with E-state index in [1.165, 1.54) is 0 Å². The fraction of sp³-hybridized carbons (Fsp3) is 0.118. The van der Waals surface area contributed by atoms with Crippen molar-refractivity contribution in [2.75, 3.05) is 17.7 Å². The Balaban J connectivity index is 2.04. The van der Waals surface area contributed by atoms with E-state index in [2.05, 4.69) is 9.88 Å². The maximum Gasteiger partial charge on any atom is 0.0745 e. The molecular formula is C17H16ClN3. The van der Waals surface area contributed by atoms with Crippen LogP contribution in [-0.2, 0) is 6.54 Å². The molecule has 0 bridgehead atoms. The molecule has 21 heavy (non-hydrogen) atoms. The Morgan fingerprint density at radius 1 is 1.10 bits per heavy atom. The highest BCUT2D eigenvalue weighted by atomic mass is 35.5. The molecule has 0 aliphatic heterocycles. The van der Waals surface area contributed by atoms with Crippen molar-refractivity contribution in [2.45, 2.75) is 6.54 Å². The zero-order valence-corrected chi connectivity index (χ0v) is 12.5. The second kappa shape index (κ2) is 5.62.